The van der Waals surface area contributed by atoms with Crippen molar-refractivity contribution >= 4 is 40.2 Å². The van der Waals surface area contributed by atoms with Crippen molar-refractivity contribution in [2.45, 2.75) is 17.3 Å². The van der Waals surface area contributed by atoms with E-state index in [1.165, 1.54) is 17.8 Å². The zero-order valence-corrected chi connectivity index (χ0v) is 11.2. The molecule has 4 nitrogen and oxygen atoms in total. The molecule has 0 fully saturated rings. The zero-order valence-electron chi connectivity index (χ0n) is 9.61. The van der Waals surface area contributed by atoms with Crippen LogP contribution in [0.4, 0.5) is 4.39 Å². The highest BCUT2D eigenvalue weighted by atomic mass is 35.5. The maximum atomic E-state index is 13.5. The highest BCUT2D eigenvalue weighted by molar-refractivity contribution is 8.00. The molecular weight excluding hydrogens is 293 g/mol. The van der Waals surface area contributed by atoms with Gasteiger partial charge in [0.25, 0.3) is 0 Å². The fourth-order valence-electron chi connectivity index (χ4n) is 2.21. The van der Waals surface area contributed by atoms with Crippen molar-refractivity contribution in [3.05, 3.63) is 38.8 Å². The molecule has 2 heterocycles. The molecule has 1 aliphatic rings. The highest BCUT2D eigenvalue weighted by Gasteiger charge is 2.32. The van der Waals surface area contributed by atoms with Crippen LogP contribution >= 0.6 is 23.4 Å². The molecule has 1 aromatic carbocycles. The molecule has 1 aliphatic heterocycles. The Bertz CT molecular complexity index is 802. The number of aromatic nitrogens is 1. The molecule has 1 N–H and O–H groups in total. The Morgan fingerprint density at radius 2 is 2.21 bits per heavy atom. The summed E-state index contributed by atoms with van der Waals surface area (Å²) in [7, 11) is 0. The first-order valence-corrected chi connectivity index (χ1v) is 6.64. The van der Waals surface area contributed by atoms with Gasteiger partial charge in [-0.05, 0) is 19.1 Å². The lowest BCUT2D eigenvalue weighted by molar-refractivity contribution is 0.0689. The number of aromatic carboxylic acids is 1. The van der Waals surface area contributed by atoms with Gasteiger partial charge in [-0.2, -0.15) is 0 Å². The lowest BCUT2D eigenvalue weighted by Crippen LogP contribution is -2.28. The van der Waals surface area contributed by atoms with E-state index in [-0.39, 0.29) is 21.3 Å². The third-order valence-corrected chi connectivity index (χ3v) is 4.53. The van der Waals surface area contributed by atoms with Crippen molar-refractivity contribution in [1.82, 2.24) is 4.57 Å². The van der Waals surface area contributed by atoms with Crippen LogP contribution in [0.25, 0.3) is 10.9 Å². The fraction of sp³-hybridized carbons (Fsp3) is 0.167. The highest BCUT2D eigenvalue weighted by Crippen LogP contribution is 2.46. The molecule has 7 heteroatoms. The van der Waals surface area contributed by atoms with Crippen LogP contribution in [0.15, 0.2) is 22.0 Å². The summed E-state index contributed by atoms with van der Waals surface area (Å²) in [6, 6.07) is 2.36. The minimum absolute atomic E-state index is 0.0160. The SMILES string of the molecule is CC1Sc2c(C(=O)O)c(=O)c3cc(F)c(Cl)cc3n21. The van der Waals surface area contributed by atoms with Crippen LogP contribution in [-0.2, 0) is 0 Å². The molecule has 1 unspecified atom stereocenters. The Morgan fingerprint density at radius 1 is 1.53 bits per heavy atom. The lowest BCUT2D eigenvalue weighted by Gasteiger charge is -2.32. The number of hydrogen-bond acceptors (Lipinski definition) is 3. The number of hydrogen-bond donors (Lipinski definition) is 1. The van der Waals surface area contributed by atoms with Crippen LogP contribution in [0.3, 0.4) is 0 Å². The first-order chi connectivity index (χ1) is 8.91. The Labute approximate surface area is 115 Å². The molecule has 1 aromatic heterocycles. The normalized spacial score (nSPS) is 17.1. The summed E-state index contributed by atoms with van der Waals surface area (Å²) in [5.74, 6) is -2.03. The molecule has 0 radical (unpaired) electrons. The standard InChI is InChI=1S/C12H7ClFNO3S/c1-4-15-8-3-6(13)7(14)2-5(8)10(16)9(12(17)18)11(15)19-4/h2-4H,1H3,(H,17,18). The second-order valence-corrected chi connectivity index (χ2v) is 5.90. The summed E-state index contributed by atoms with van der Waals surface area (Å²) < 4.78 is 15.2. The Balaban J connectivity index is 2.54. The summed E-state index contributed by atoms with van der Waals surface area (Å²) in [6.45, 7) is 1.87. The first kappa shape index (κ1) is 12.5. The molecule has 19 heavy (non-hydrogen) atoms. The van der Waals surface area contributed by atoms with Crippen LogP contribution in [-0.4, -0.2) is 15.6 Å². The number of benzene rings is 1. The van der Waals surface area contributed by atoms with Crippen molar-refractivity contribution in [1.29, 1.82) is 0 Å². The topological polar surface area (TPSA) is 59.3 Å². The number of carboxylic acids is 1. The largest absolute Gasteiger partial charge is 0.477 e. The molecule has 0 aliphatic carbocycles. The molecule has 0 bridgehead atoms. The average molecular weight is 300 g/mol. The van der Waals surface area contributed by atoms with Crippen molar-refractivity contribution in [3.8, 4) is 0 Å². The predicted molar refractivity (Wildman–Crippen MR) is 70.7 cm³/mol. The number of carbonyl (C=O) groups is 1. The van der Waals surface area contributed by atoms with Gasteiger partial charge in [0.15, 0.2) is 0 Å². The zero-order chi connectivity index (χ0) is 13.9. The Kier molecular flexibility index (Phi) is 2.62. The smallest absolute Gasteiger partial charge is 0.342 e. The number of thioether (sulfide) groups is 1. The number of halogens is 2. The van der Waals surface area contributed by atoms with E-state index in [9.17, 15) is 14.0 Å². The Morgan fingerprint density at radius 3 is 2.79 bits per heavy atom. The van der Waals surface area contributed by atoms with Crippen LogP contribution in [0.2, 0.25) is 5.02 Å². The van der Waals surface area contributed by atoms with Gasteiger partial charge in [0, 0.05) is 5.39 Å². The van der Waals surface area contributed by atoms with E-state index in [0.29, 0.717) is 10.5 Å². The molecule has 2 aromatic rings. The number of fused-ring (bicyclic) bond motifs is 3. The van der Waals surface area contributed by atoms with Crippen LogP contribution < -0.4 is 5.43 Å². The maximum Gasteiger partial charge on any atom is 0.342 e. The number of pyridine rings is 1. The van der Waals surface area contributed by atoms with Gasteiger partial charge in [-0.1, -0.05) is 23.4 Å². The second-order valence-electron chi connectivity index (χ2n) is 4.19. The molecule has 0 saturated heterocycles. The molecule has 0 amide bonds. The van der Waals surface area contributed by atoms with Crippen molar-refractivity contribution in [2.75, 3.05) is 0 Å². The van der Waals surface area contributed by atoms with Crippen LogP contribution in [0.1, 0.15) is 22.7 Å². The number of rotatable bonds is 1. The maximum absolute atomic E-state index is 13.5. The van der Waals surface area contributed by atoms with Crippen molar-refractivity contribution < 1.29 is 14.3 Å². The van der Waals surface area contributed by atoms with E-state index < -0.39 is 17.2 Å². The van der Waals surface area contributed by atoms with Gasteiger partial charge in [-0.15, -0.1) is 0 Å². The van der Waals surface area contributed by atoms with Gasteiger partial charge in [-0.25, -0.2) is 9.18 Å². The van der Waals surface area contributed by atoms with Gasteiger partial charge in [0.1, 0.15) is 11.4 Å². The van der Waals surface area contributed by atoms with E-state index in [0.717, 1.165) is 6.07 Å². The van der Waals surface area contributed by atoms with E-state index in [1.54, 1.807) is 4.57 Å². The van der Waals surface area contributed by atoms with E-state index in [1.807, 2.05) is 6.92 Å². The molecule has 0 saturated carbocycles. The quantitative estimate of drug-likeness (QED) is 0.879. The van der Waals surface area contributed by atoms with Crippen molar-refractivity contribution in [3.63, 3.8) is 0 Å². The van der Waals surface area contributed by atoms with Crippen LogP contribution in [0, 0.1) is 5.82 Å². The second kappa shape index (κ2) is 3.98. The molecule has 0 spiro atoms. The molecule has 98 valence electrons. The summed E-state index contributed by atoms with van der Waals surface area (Å²) >= 11 is 7.02. The minimum atomic E-state index is -1.30. The van der Waals surface area contributed by atoms with E-state index in [4.69, 9.17) is 16.7 Å². The summed E-state index contributed by atoms with van der Waals surface area (Å²) in [5, 5.41) is 9.45. The summed E-state index contributed by atoms with van der Waals surface area (Å²) in [4.78, 5) is 23.3. The predicted octanol–water partition coefficient (Wildman–Crippen LogP) is 3.12. The van der Waals surface area contributed by atoms with Gasteiger partial charge in [0.2, 0.25) is 5.43 Å². The number of carboxylic acid groups (broad SMARTS) is 1. The minimum Gasteiger partial charge on any atom is -0.477 e. The third kappa shape index (κ3) is 1.60. The van der Waals surface area contributed by atoms with Crippen LogP contribution in [0.5, 0.6) is 0 Å². The van der Waals surface area contributed by atoms with E-state index >= 15 is 0 Å². The first-order valence-electron chi connectivity index (χ1n) is 5.39. The van der Waals surface area contributed by atoms with Gasteiger partial charge >= 0.3 is 5.97 Å². The van der Waals surface area contributed by atoms with Gasteiger partial charge < -0.3 is 9.67 Å². The third-order valence-electron chi connectivity index (χ3n) is 3.06. The molecule has 3 rings (SSSR count). The molecular formula is C12H7ClFNO3S. The average Bonchev–Trinajstić information content (AvgIpc) is 2.31. The van der Waals surface area contributed by atoms with E-state index in [2.05, 4.69) is 0 Å². The van der Waals surface area contributed by atoms with Crippen molar-refractivity contribution in [2.24, 2.45) is 0 Å². The lowest BCUT2D eigenvalue weighted by atomic mass is 10.1. The Hall–Kier alpha value is -1.53. The van der Waals surface area contributed by atoms with Gasteiger partial charge in [0.05, 0.1) is 20.9 Å². The van der Waals surface area contributed by atoms with Gasteiger partial charge in [-0.3, -0.25) is 4.79 Å². The fourth-order valence-corrected chi connectivity index (χ4v) is 3.52. The summed E-state index contributed by atoms with van der Waals surface area (Å²) in [6.07, 6.45) is 0. The monoisotopic (exact) mass is 299 g/mol. The summed E-state index contributed by atoms with van der Waals surface area (Å²) in [5.41, 5.74) is -0.524. The number of nitrogens with zero attached hydrogens (tertiary/aromatic N) is 1. The molecule has 1 atom stereocenters.